The summed E-state index contributed by atoms with van der Waals surface area (Å²) in [5.74, 6) is -1.86. The number of fused-ring (bicyclic) bond motifs is 1. The fourth-order valence-corrected chi connectivity index (χ4v) is 4.07. The van der Waals surface area contributed by atoms with Crippen molar-refractivity contribution < 1.29 is 24.2 Å². The molecule has 0 saturated carbocycles. The van der Waals surface area contributed by atoms with Crippen LogP contribution in [0.25, 0.3) is 0 Å². The van der Waals surface area contributed by atoms with Crippen LogP contribution < -0.4 is 5.32 Å². The van der Waals surface area contributed by atoms with Gasteiger partial charge in [-0.2, -0.15) is 0 Å². The molecule has 1 amide bonds. The molecule has 2 rings (SSSR count). The largest absolute Gasteiger partial charge is 0.481 e. The molecular weight excluding hydrogens is 318 g/mol. The van der Waals surface area contributed by atoms with E-state index in [9.17, 15) is 14.4 Å². The van der Waals surface area contributed by atoms with E-state index in [1.807, 2.05) is 0 Å². The van der Waals surface area contributed by atoms with Crippen LogP contribution in [-0.2, 0) is 27.2 Å². The normalized spacial score (nSPS) is 14.2. The molecule has 1 atom stereocenters. The van der Waals surface area contributed by atoms with Gasteiger partial charge in [-0.05, 0) is 37.7 Å². The van der Waals surface area contributed by atoms with Crippen molar-refractivity contribution in [3.63, 3.8) is 0 Å². The van der Waals surface area contributed by atoms with Crippen molar-refractivity contribution in [2.75, 3.05) is 11.9 Å². The van der Waals surface area contributed by atoms with Gasteiger partial charge in [-0.1, -0.05) is 6.92 Å². The van der Waals surface area contributed by atoms with Crippen LogP contribution in [-0.4, -0.2) is 29.6 Å². The highest BCUT2D eigenvalue weighted by molar-refractivity contribution is 7.17. The Kier molecular flexibility index (Phi) is 5.76. The molecule has 0 unspecified atom stereocenters. The quantitative estimate of drug-likeness (QED) is 0.745. The fourth-order valence-electron chi connectivity index (χ4n) is 2.78. The summed E-state index contributed by atoms with van der Waals surface area (Å²) < 4.78 is 5.11. The molecule has 7 heteroatoms. The molecule has 1 heterocycles. The highest BCUT2D eigenvalue weighted by Gasteiger charge is 2.28. The van der Waals surface area contributed by atoms with Crippen LogP contribution in [0.2, 0.25) is 0 Å². The molecule has 0 spiro atoms. The van der Waals surface area contributed by atoms with Crippen molar-refractivity contribution >= 4 is 34.2 Å². The molecule has 1 aromatic rings. The number of carboxylic acid groups (broad SMARTS) is 1. The number of hydrogen-bond donors (Lipinski definition) is 2. The summed E-state index contributed by atoms with van der Waals surface area (Å²) in [7, 11) is 0. The number of rotatable bonds is 7. The zero-order chi connectivity index (χ0) is 17.0. The van der Waals surface area contributed by atoms with Gasteiger partial charge < -0.3 is 15.2 Å². The van der Waals surface area contributed by atoms with Gasteiger partial charge in [0, 0.05) is 17.7 Å². The third-order valence-corrected chi connectivity index (χ3v) is 4.92. The van der Waals surface area contributed by atoms with Crippen molar-refractivity contribution in [1.82, 2.24) is 0 Å². The molecule has 0 bridgehead atoms. The summed E-state index contributed by atoms with van der Waals surface area (Å²) in [6.45, 7) is 3.75. The molecule has 1 aliphatic rings. The molecule has 126 valence electrons. The van der Waals surface area contributed by atoms with Gasteiger partial charge in [-0.3, -0.25) is 9.59 Å². The summed E-state index contributed by atoms with van der Waals surface area (Å²) in [4.78, 5) is 36.1. The molecule has 6 nitrogen and oxygen atoms in total. The number of carbonyl (C=O) groups is 3. The number of carbonyl (C=O) groups excluding carboxylic acids is 2. The smallest absolute Gasteiger partial charge is 0.341 e. The van der Waals surface area contributed by atoms with Gasteiger partial charge in [-0.25, -0.2) is 4.79 Å². The van der Waals surface area contributed by atoms with E-state index in [1.165, 1.54) is 11.3 Å². The molecule has 0 fully saturated rings. The average molecular weight is 339 g/mol. The molecule has 0 aromatic carbocycles. The molecule has 0 aliphatic heterocycles. The number of nitrogens with one attached hydrogen (secondary N) is 1. The Morgan fingerprint density at radius 3 is 2.70 bits per heavy atom. The second-order valence-corrected chi connectivity index (χ2v) is 6.84. The molecule has 0 saturated heterocycles. The lowest BCUT2D eigenvalue weighted by molar-refractivity contribution is -0.138. The van der Waals surface area contributed by atoms with E-state index in [0.717, 1.165) is 29.7 Å². The second-order valence-electron chi connectivity index (χ2n) is 5.74. The first-order chi connectivity index (χ1) is 10.9. The monoisotopic (exact) mass is 339 g/mol. The van der Waals surface area contributed by atoms with Crippen LogP contribution in [0.5, 0.6) is 0 Å². The summed E-state index contributed by atoms with van der Waals surface area (Å²) >= 11 is 1.42. The van der Waals surface area contributed by atoms with Gasteiger partial charge >= 0.3 is 11.9 Å². The lowest BCUT2D eigenvalue weighted by Gasteiger charge is -2.10. The number of anilines is 1. The first kappa shape index (κ1) is 17.5. The number of esters is 1. The fraction of sp³-hybridized carbons (Fsp3) is 0.562. The highest BCUT2D eigenvalue weighted by Crippen LogP contribution is 2.39. The summed E-state index contributed by atoms with van der Waals surface area (Å²) in [6, 6.07) is 0. The van der Waals surface area contributed by atoms with Crippen LogP contribution in [0, 0.1) is 5.92 Å². The van der Waals surface area contributed by atoms with Crippen molar-refractivity contribution in [1.29, 1.82) is 0 Å². The first-order valence-corrected chi connectivity index (χ1v) is 8.57. The maximum absolute atomic E-state index is 12.2. The number of ether oxygens (including phenoxy) is 1. The van der Waals surface area contributed by atoms with E-state index in [4.69, 9.17) is 9.84 Å². The zero-order valence-corrected chi connectivity index (χ0v) is 14.1. The Morgan fingerprint density at radius 1 is 1.30 bits per heavy atom. The van der Waals surface area contributed by atoms with Crippen LogP contribution in [0.4, 0.5) is 5.00 Å². The van der Waals surface area contributed by atoms with Crippen molar-refractivity contribution in [2.45, 2.75) is 46.0 Å². The third-order valence-electron chi connectivity index (χ3n) is 3.71. The number of thiophene rings is 1. The van der Waals surface area contributed by atoms with E-state index in [-0.39, 0.29) is 31.3 Å². The van der Waals surface area contributed by atoms with Crippen molar-refractivity contribution in [2.24, 2.45) is 5.92 Å². The zero-order valence-electron chi connectivity index (χ0n) is 13.3. The van der Waals surface area contributed by atoms with Gasteiger partial charge in [0.05, 0.1) is 12.2 Å². The van der Waals surface area contributed by atoms with E-state index < -0.39 is 11.9 Å². The lowest BCUT2D eigenvalue weighted by atomic mass is 10.0. The van der Waals surface area contributed by atoms with Gasteiger partial charge in [0.2, 0.25) is 5.91 Å². The predicted octanol–water partition coefficient (Wildman–Crippen LogP) is 2.85. The molecule has 1 aromatic heterocycles. The lowest BCUT2D eigenvalue weighted by Crippen LogP contribution is -2.18. The summed E-state index contributed by atoms with van der Waals surface area (Å²) in [5, 5.41) is 12.0. The second kappa shape index (κ2) is 7.59. The van der Waals surface area contributed by atoms with Crippen molar-refractivity contribution in [3.8, 4) is 0 Å². The topological polar surface area (TPSA) is 92.7 Å². The molecule has 23 heavy (non-hydrogen) atoms. The van der Waals surface area contributed by atoms with Gasteiger partial charge in [0.1, 0.15) is 5.00 Å². The Labute approximate surface area is 138 Å². The van der Waals surface area contributed by atoms with Crippen LogP contribution >= 0.6 is 11.3 Å². The Morgan fingerprint density at radius 2 is 2.04 bits per heavy atom. The standard InChI is InChI=1S/C16H21NO5S/c1-3-22-16(21)14-10-5-4-6-11(10)23-15(14)17-12(18)7-9(2)8-13(19)20/h9H,3-8H2,1-2H3,(H,17,18)(H,19,20)/t9-/m0/s1. The summed E-state index contributed by atoms with van der Waals surface area (Å²) in [5.41, 5.74) is 1.46. The number of aryl methyl sites for hydroxylation is 1. The minimum atomic E-state index is -0.924. The number of aliphatic carboxylic acids is 1. The van der Waals surface area contributed by atoms with E-state index in [1.54, 1.807) is 13.8 Å². The number of amides is 1. The van der Waals surface area contributed by atoms with Gasteiger partial charge in [0.15, 0.2) is 0 Å². The van der Waals surface area contributed by atoms with Crippen molar-refractivity contribution in [3.05, 3.63) is 16.0 Å². The summed E-state index contributed by atoms with van der Waals surface area (Å²) in [6.07, 6.45) is 2.80. The maximum atomic E-state index is 12.2. The molecule has 1 aliphatic carbocycles. The van der Waals surface area contributed by atoms with Crippen LogP contribution in [0.3, 0.4) is 0 Å². The Hall–Kier alpha value is -1.89. The van der Waals surface area contributed by atoms with Gasteiger partial charge in [0.25, 0.3) is 0 Å². The number of carboxylic acids is 1. The average Bonchev–Trinajstić information content (AvgIpc) is 2.97. The van der Waals surface area contributed by atoms with E-state index in [2.05, 4.69) is 5.32 Å². The maximum Gasteiger partial charge on any atom is 0.341 e. The van der Waals surface area contributed by atoms with Crippen LogP contribution in [0.15, 0.2) is 0 Å². The third kappa shape index (κ3) is 4.31. The molecule has 2 N–H and O–H groups in total. The molecular formula is C16H21NO5S. The Balaban J connectivity index is 2.12. The minimum Gasteiger partial charge on any atom is -0.481 e. The van der Waals surface area contributed by atoms with Gasteiger partial charge in [-0.15, -0.1) is 11.3 Å². The SMILES string of the molecule is CCOC(=O)c1c(NC(=O)C[C@H](C)CC(=O)O)sc2c1CCC2. The van der Waals surface area contributed by atoms with E-state index in [0.29, 0.717) is 10.6 Å². The minimum absolute atomic E-state index is 0.0565. The first-order valence-electron chi connectivity index (χ1n) is 7.75. The van der Waals surface area contributed by atoms with E-state index >= 15 is 0 Å². The highest BCUT2D eigenvalue weighted by atomic mass is 32.1. The Bertz CT molecular complexity index is 622. The van der Waals surface area contributed by atoms with Crippen LogP contribution in [0.1, 0.15) is 53.9 Å². The number of hydrogen-bond acceptors (Lipinski definition) is 5. The molecule has 0 radical (unpaired) electrons. The predicted molar refractivity (Wildman–Crippen MR) is 87.0 cm³/mol.